The Morgan fingerprint density at radius 2 is 2.00 bits per heavy atom. The highest BCUT2D eigenvalue weighted by Crippen LogP contribution is 2.18. The average molecular weight is 334 g/mol. The molecular formula is C17H26N4O3. The Bertz CT molecular complexity index is 585. The number of aryl methyl sites for hydroxylation is 2. The van der Waals surface area contributed by atoms with E-state index >= 15 is 0 Å². The zero-order valence-corrected chi connectivity index (χ0v) is 14.9. The number of hydrogen-bond acceptors (Lipinski definition) is 6. The Hall–Kier alpha value is -2.18. The van der Waals surface area contributed by atoms with E-state index in [0.29, 0.717) is 25.6 Å². The maximum absolute atomic E-state index is 12.6. The van der Waals surface area contributed by atoms with E-state index in [0.717, 1.165) is 24.2 Å². The summed E-state index contributed by atoms with van der Waals surface area (Å²) < 4.78 is 5.08. The molecule has 1 aromatic rings. The number of piperidine rings is 1. The number of likely N-dealkylation sites (N-methyl/N-ethyl adjacent to an activating group) is 1. The van der Waals surface area contributed by atoms with Crippen LogP contribution in [-0.4, -0.2) is 60.0 Å². The van der Waals surface area contributed by atoms with Crippen LogP contribution in [0.4, 0.5) is 5.95 Å². The fraction of sp³-hybridized carbons (Fsp3) is 0.647. The molecule has 0 unspecified atom stereocenters. The predicted molar refractivity (Wildman–Crippen MR) is 90.7 cm³/mol. The first kappa shape index (κ1) is 18.2. The molecule has 1 aliphatic rings. The zero-order valence-electron chi connectivity index (χ0n) is 14.9. The van der Waals surface area contributed by atoms with Crippen LogP contribution < -0.4 is 4.90 Å². The maximum Gasteiger partial charge on any atom is 0.310 e. The van der Waals surface area contributed by atoms with Gasteiger partial charge in [0.1, 0.15) is 0 Å². The number of amides is 1. The molecular weight excluding hydrogens is 308 g/mol. The van der Waals surface area contributed by atoms with Crippen molar-refractivity contribution in [2.45, 2.75) is 33.6 Å². The third-order valence-corrected chi connectivity index (χ3v) is 4.08. The number of aromatic nitrogens is 2. The van der Waals surface area contributed by atoms with Gasteiger partial charge in [-0.1, -0.05) is 0 Å². The summed E-state index contributed by atoms with van der Waals surface area (Å²) in [5.74, 6) is 0.0977. The van der Waals surface area contributed by atoms with Crippen molar-refractivity contribution in [2.24, 2.45) is 5.92 Å². The number of anilines is 1. The van der Waals surface area contributed by atoms with Crippen LogP contribution in [0.2, 0.25) is 0 Å². The lowest BCUT2D eigenvalue weighted by Gasteiger charge is -2.32. The first-order valence-electron chi connectivity index (χ1n) is 8.38. The van der Waals surface area contributed by atoms with Crippen molar-refractivity contribution in [1.82, 2.24) is 14.9 Å². The molecule has 1 fully saturated rings. The SMILES string of the molecule is CCOC(=O)[C@@H]1CCCN(C(=O)CN(C)c2nc(C)cc(C)n2)C1. The van der Waals surface area contributed by atoms with Crippen LogP contribution >= 0.6 is 0 Å². The van der Waals surface area contributed by atoms with Crippen molar-refractivity contribution < 1.29 is 14.3 Å². The molecule has 0 radical (unpaired) electrons. The molecule has 0 aromatic carbocycles. The fourth-order valence-electron chi connectivity index (χ4n) is 2.91. The summed E-state index contributed by atoms with van der Waals surface area (Å²) in [5, 5.41) is 0. The molecule has 132 valence electrons. The minimum Gasteiger partial charge on any atom is -0.466 e. The maximum atomic E-state index is 12.6. The van der Waals surface area contributed by atoms with Crippen molar-refractivity contribution in [3.8, 4) is 0 Å². The lowest BCUT2D eigenvalue weighted by molar-refractivity contribution is -0.151. The van der Waals surface area contributed by atoms with E-state index in [1.807, 2.05) is 19.9 Å². The number of carbonyl (C=O) groups is 2. The summed E-state index contributed by atoms with van der Waals surface area (Å²) in [7, 11) is 1.80. The highest BCUT2D eigenvalue weighted by Gasteiger charge is 2.29. The van der Waals surface area contributed by atoms with Crippen LogP contribution in [0.15, 0.2) is 6.07 Å². The van der Waals surface area contributed by atoms with Crippen molar-refractivity contribution in [1.29, 1.82) is 0 Å². The van der Waals surface area contributed by atoms with Gasteiger partial charge in [-0.25, -0.2) is 9.97 Å². The molecule has 0 aliphatic carbocycles. The number of rotatable bonds is 5. The molecule has 7 heteroatoms. The smallest absolute Gasteiger partial charge is 0.310 e. The van der Waals surface area contributed by atoms with Crippen LogP contribution in [0.5, 0.6) is 0 Å². The summed E-state index contributed by atoms with van der Waals surface area (Å²) in [6.07, 6.45) is 1.59. The van der Waals surface area contributed by atoms with E-state index in [-0.39, 0.29) is 24.3 Å². The normalized spacial score (nSPS) is 17.5. The number of hydrogen-bond donors (Lipinski definition) is 0. The molecule has 24 heavy (non-hydrogen) atoms. The Labute approximate surface area is 143 Å². The monoisotopic (exact) mass is 334 g/mol. The first-order valence-corrected chi connectivity index (χ1v) is 8.38. The third kappa shape index (κ3) is 4.66. The number of likely N-dealkylation sites (tertiary alicyclic amines) is 1. The van der Waals surface area contributed by atoms with Crippen LogP contribution in [0.1, 0.15) is 31.2 Å². The van der Waals surface area contributed by atoms with Gasteiger partial charge in [-0.05, 0) is 39.7 Å². The fourth-order valence-corrected chi connectivity index (χ4v) is 2.91. The summed E-state index contributed by atoms with van der Waals surface area (Å²) in [6, 6.07) is 1.90. The van der Waals surface area contributed by atoms with Gasteiger partial charge in [0.05, 0.1) is 19.1 Å². The third-order valence-electron chi connectivity index (χ3n) is 4.08. The molecule has 0 bridgehead atoms. The molecule has 1 amide bonds. The standard InChI is InChI=1S/C17H26N4O3/c1-5-24-16(23)14-7-6-8-21(10-14)15(22)11-20(4)17-18-12(2)9-13(3)19-17/h9,14H,5-8,10-11H2,1-4H3/t14-/m1/s1. The number of ether oxygens (including phenoxy) is 1. The minimum absolute atomic E-state index is 0.0192. The van der Waals surface area contributed by atoms with Gasteiger partial charge in [0.2, 0.25) is 11.9 Å². The van der Waals surface area contributed by atoms with E-state index in [1.54, 1.807) is 23.8 Å². The quantitative estimate of drug-likeness (QED) is 0.756. The topological polar surface area (TPSA) is 75.6 Å². The van der Waals surface area contributed by atoms with Gasteiger partial charge in [0, 0.05) is 31.5 Å². The molecule has 1 aliphatic heterocycles. The van der Waals surface area contributed by atoms with Crippen molar-refractivity contribution in [2.75, 3.05) is 38.2 Å². The van der Waals surface area contributed by atoms with Crippen LogP contribution in [-0.2, 0) is 14.3 Å². The van der Waals surface area contributed by atoms with Gasteiger partial charge in [-0.3, -0.25) is 9.59 Å². The number of nitrogens with zero attached hydrogens (tertiary/aromatic N) is 4. The Balaban J connectivity index is 1.97. The molecule has 0 N–H and O–H groups in total. The molecule has 1 atom stereocenters. The molecule has 1 saturated heterocycles. The Kier molecular flexibility index (Phi) is 6.11. The van der Waals surface area contributed by atoms with Crippen LogP contribution in [0.25, 0.3) is 0 Å². The highest BCUT2D eigenvalue weighted by molar-refractivity contribution is 5.82. The van der Waals surface area contributed by atoms with E-state index in [4.69, 9.17) is 4.74 Å². The minimum atomic E-state index is -0.217. The van der Waals surface area contributed by atoms with Crippen molar-refractivity contribution >= 4 is 17.8 Å². The Morgan fingerprint density at radius 3 is 2.62 bits per heavy atom. The van der Waals surface area contributed by atoms with E-state index in [9.17, 15) is 9.59 Å². The first-order chi connectivity index (χ1) is 11.4. The molecule has 0 spiro atoms. The molecule has 0 saturated carbocycles. The van der Waals surface area contributed by atoms with Gasteiger partial charge < -0.3 is 14.5 Å². The van der Waals surface area contributed by atoms with E-state index in [2.05, 4.69) is 9.97 Å². The van der Waals surface area contributed by atoms with Crippen molar-refractivity contribution in [3.05, 3.63) is 17.5 Å². The Morgan fingerprint density at radius 1 is 1.33 bits per heavy atom. The van der Waals surface area contributed by atoms with Crippen LogP contribution in [0, 0.1) is 19.8 Å². The molecule has 1 aromatic heterocycles. The molecule has 2 rings (SSSR count). The number of carbonyl (C=O) groups excluding carboxylic acids is 2. The van der Waals surface area contributed by atoms with Gasteiger partial charge in [0.25, 0.3) is 0 Å². The zero-order chi connectivity index (χ0) is 17.7. The van der Waals surface area contributed by atoms with E-state index < -0.39 is 0 Å². The summed E-state index contributed by atoms with van der Waals surface area (Å²) in [5.41, 5.74) is 1.74. The highest BCUT2D eigenvalue weighted by atomic mass is 16.5. The average Bonchev–Trinajstić information content (AvgIpc) is 2.54. The van der Waals surface area contributed by atoms with Gasteiger partial charge in [-0.2, -0.15) is 0 Å². The lowest BCUT2D eigenvalue weighted by Crippen LogP contribution is -2.46. The lowest BCUT2D eigenvalue weighted by atomic mass is 9.98. The van der Waals surface area contributed by atoms with Gasteiger partial charge in [-0.15, -0.1) is 0 Å². The number of esters is 1. The van der Waals surface area contributed by atoms with E-state index in [1.165, 1.54) is 0 Å². The van der Waals surface area contributed by atoms with Crippen molar-refractivity contribution in [3.63, 3.8) is 0 Å². The second-order valence-corrected chi connectivity index (χ2v) is 6.24. The summed E-state index contributed by atoms with van der Waals surface area (Å²) >= 11 is 0. The van der Waals surface area contributed by atoms with Gasteiger partial charge in [0.15, 0.2) is 0 Å². The summed E-state index contributed by atoms with van der Waals surface area (Å²) in [4.78, 5) is 36.7. The van der Waals surface area contributed by atoms with Gasteiger partial charge >= 0.3 is 5.97 Å². The largest absolute Gasteiger partial charge is 0.466 e. The second-order valence-electron chi connectivity index (χ2n) is 6.24. The summed E-state index contributed by atoms with van der Waals surface area (Å²) in [6.45, 7) is 7.28. The second kappa shape index (κ2) is 8.08. The predicted octanol–water partition coefficient (Wildman–Crippen LogP) is 1.33. The van der Waals surface area contributed by atoms with Crippen LogP contribution in [0.3, 0.4) is 0 Å². The molecule has 7 nitrogen and oxygen atoms in total. The molecule has 2 heterocycles.